The molecule has 4 heteroatoms. The van der Waals surface area contributed by atoms with Crippen molar-refractivity contribution in [2.45, 2.75) is 38.0 Å². The standard InChI is InChI=1S/C8H17NO2S/c1-4-5-12-8(2,3)6(9)7(10)11/h6H,4-5,9H2,1-3H3,(H,10,11)/t6-/m0/s1. The van der Waals surface area contributed by atoms with E-state index in [1.54, 1.807) is 11.8 Å². The van der Waals surface area contributed by atoms with E-state index < -0.39 is 12.0 Å². The van der Waals surface area contributed by atoms with E-state index in [0.29, 0.717) is 0 Å². The van der Waals surface area contributed by atoms with Crippen LogP contribution in [0.3, 0.4) is 0 Å². The molecule has 3 N–H and O–H groups in total. The Morgan fingerprint density at radius 2 is 2.17 bits per heavy atom. The molecule has 0 aliphatic heterocycles. The lowest BCUT2D eigenvalue weighted by Gasteiger charge is -2.27. The first kappa shape index (κ1) is 11.8. The van der Waals surface area contributed by atoms with Crippen LogP contribution in [0.15, 0.2) is 0 Å². The van der Waals surface area contributed by atoms with E-state index in [1.807, 2.05) is 13.8 Å². The van der Waals surface area contributed by atoms with Crippen LogP contribution in [0.5, 0.6) is 0 Å². The number of hydrogen-bond acceptors (Lipinski definition) is 3. The van der Waals surface area contributed by atoms with Gasteiger partial charge in [0.15, 0.2) is 0 Å². The Labute approximate surface area is 77.7 Å². The molecule has 0 saturated carbocycles. The average Bonchev–Trinajstić information content (AvgIpc) is 1.99. The van der Waals surface area contributed by atoms with Crippen molar-refractivity contribution in [2.75, 3.05) is 5.75 Å². The van der Waals surface area contributed by atoms with E-state index in [-0.39, 0.29) is 4.75 Å². The minimum Gasteiger partial charge on any atom is -0.480 e. The predicted octanol–water partition coefficient (Wildman–Crippen LogP) is 1.32. The third kappa shape index (κ3) is 3.45. The molecule has 0 bridgehead atoms. The summed E-state index contributed by atoms with van der Waals surface area (Å²) in [6.07, 6.45) is 1.04. The number of nitrogens with two attached hydrogens (primary N) is 1. The summed E-state index contributed by atoms with van der Waals surface area (Å²) in [5.41, 5.74) is 5.51. The van der Waals surface area contributed by atoms with Crippen molar-refractivity contribution in [3.8, 4) is 0 Å². The van der Waals surface area contributed by atoms with Crippen LogP contribution in [0.25, 0.3) is 0 Å². The van der Waals surface area contributed by atoms with Crippen molar-refractivity contribution in [1.82, 2.24) is 0 Å². The van der Waals surface area contributed by atoms with Crippen LogP contribution >= 0.6 is 11.8 Å². The van der Waals surface area contributed by atoms with Crippen LogP contribution in [0.2, 0.25) is 0 Å². The molecule has 0 fully saturated rings. The van der Waals surface area contributed by atoms with Gasteiger partial charge < -0.3 is 10.8 Å². The zero-order valence-corrected chi connectivity index (χ0v) is 8.65. The maximum absolute atomic E-state index is 10.6. The Kier molecular flexibility index (Phi) is 4.63. The number of aliphatic carboxylic acids is 1. The lowest BCUT2D eigenvalue weighted by atomic mass is 10.1. The van der Waals surface area contributed by atoms with Gasteiger partial charge in [0, 0.05) is 4.75 Å². The Hall–Kier alpha value is -0.220. The van der Waals surface area contributed by atoms with E-state index in [0.717, 1.165) is 12.2 Å². The molecule has 12 heavy (non-hydrogen) atoms. The summed E-state index contributed by atoms with van der Waals surface area (Å²) in [5.74, 6) is 0.0251. The van der Waals surface area contributed by atoms with Crippen molar-refractivity contribution in [1.29, 1.82) is 0 Å². The molecule has 0 rings (SSSR count). The zero-order chi connectivity index (χ0) is 9.78. The number of rotatable bonds is 5. The molecular weight excluding hydrogens is 174 g/mol. The van der Waals surface area contributed by atoms with E-state index in [4.69, 9.17) is 10.8 Å². The van der Waals surface area contributed by atoms with Gasteiger partial charge in [0.1, 0.15) is 6.04 Å². The lowest BCUT2D eigenvalue weighted by Crippen LogP contribution is -2.46. The first-order valence-corrected chi connectivity index (χ1v) is 5.02. The monoisotopic (exact) mass is 191 g/mol. The van der Waals surface area contributed by atoms with Crippen LogP contribution in [-0.4, -0.2) is 27.6 Å². The Bertz CT molecular complexity index is 159. The highest BCUT2D eigenvalue weighted by Gasteiger charge is 2.31. The molecule has 0 radical (unpaired) electrons. The second kappa shape index (κ2) is 4.72. The first-order chi connectivity index (χ1) is 5.41. The molecule has 0 aliphatic rings. The van der Waals surface area contributed by atoms with Crippen LogP contribution < -0.4 is 5.73 Å². The minimum absolute atomic E-state index is 0.373. The summed E-state index contributed by atoms with van der Waals surface area (Å²) < 4.78 is -0.373. The normalized spacial score (nSPS) is 14.3. The van der Waals surface area contributed by atoms with Crippen molar-refractivity contribution in [2.24, 2.45) is 5.73 Å². The van der Waals surface area contributed by atoms with Crippen molar-refractivity contribution in [3.05, 3.63) is 0 Å². The molecule has 0 heterocycles. The van der Waals surface area contributed by atoms with Crippen LogP contribution in [0, 0.1) is 0 Å². The molecule has 0 unspecified atom stereocenters. The van der Waals surface area contributed by atoms with E-state index >= 15 is 0 Å². The highest BCUT2D eigenvalue weighted by Crippen LogP contribution is 2.27. The fourth-order valence-corrected chi connectivity index (χ4v) is 1.76. The molecule has 0 amide bonds. The SMILES string of the molecule is CCCSC(C)(C)[C@@H](N)C(=O)O. The third-order valence-corrected chi connectivity index (χ3v) is 3.30. The highest BCUT2D eigenvalue weighted by atomic mass is 32.2. The van der Waals surface area contributed by atoms with E-state index in [9.17, 15) is 4.79 Å². The summed E-state index contributed by atoms with van der Waals surface area (Å²) in [5, 5.41) is 8.68. The van der Waals surface area contributed by atoms with Crippen LogP contribution in [-0.2, 0) is 4.79 Å². The van der Waals surface area contributed by atoms with Gasteiger partial charge in [-0.3, -0.25) is 4.79 Å². The van der Waals surface area contributed by atoms with Gasteiger partial charge in [-0.05, 0) is 26.0 Å². The van der Waals surface area contributed by atoms with Gasteiger partial charge in [-0.2, -0.15) is 11.8 Å². The first-order valence-electron chi connectivity index (χ1n) is 4.04. The van der Waals surface area contributed by atoms with Crippen LogP contribution in [0.4, 0.5) is 0 Å². The van der Waals surface area contributed by atoms with Crippen molar-refractivity contribution >= 4 is 17.7 Å². The smallest absolute Gasteiger partial charge is 0.321 e. The van der Waals surface area contributed by atoms with Gasteiger partial charge in [-0.1, -0.05) is 6.92 Å². The van der Waals surface area contributed by atoms with Crippen molar-refractivity contribution < 1.29 is 9.90 Å². The van der Waals surface area contributed by atoms with E-state index in [1.165, 1.54) is 0 Å². The maximum atomic E-state index is 10.6. The van der Waals surface area contributed by atoms with Crippen molar-refractivity contribution in [3.63, 3.8) is 0 Å². The number of carboxylic acid groups (broad SMARTS) is 1. The number of hydrogen-bond donors (Lipinski definition) is 2. The molecule has 1 atom stereocenters. The quantitative estimate of drug-likeness (QED) is 0.688. The zero-order valence-electron chi connectivity index (χ0n) is 7.83. The predicted molar refractivity (Wildman–Crippen MR) is 52.4 cm³/mol. The van der Waals surface area contributed by atoms with Gasteiger partial charge in [0.2, 0.25) is 0 Å². The number of thioether (sulfide) groups is 1. The summed E-state index contributed by atoms with van der Waals surface area (Å²) in [4.78, 5) is 10.6. The Balaban J connectivity index is 4.08. The Morgan fingerprint density at radius 1 is 1.67 bits per heavy atom. The van der Waals surface area contributed by atoms with Crippen LogP contribution in [0.1, 0.15) is 27.2 Å². The fourth-order valence-electron chi connectivity index (χ4n) is 0.752. The summed E-state index contributed by atoms with van der Waals surface area (Å²) in [6, 6.07) is -0.783. The minimum atomic E-state index is -0.927. The molecule has 3 nitrogen and oxygen atoms in total. The van der Waals surface area contributed by atoms with Gasteiger partial charge in [-0.15, -0.1) is 0 Å². The molecular formula is C8H17NO2S. The number of carboxylic acids is 1. The summed E-state index contributed by atoms with van der Waals surface area (Å²) in [6.45, 7) is 5.80. The second-order valence-electron chi connectivity index (χ2n) is 3.27. The second-order valence-corrected chi connectivity index (χ2v) is 5.02. The van der Waals surface area contributed by atoms with Gasteiger partial charge in [0.05, 0.1) is 0 Å². The highest BCUT2D eigenvalue weighted by molar-refractivity contribution is 8.00. The maximum Gasteiger partial charge on any atom is 0.321 e. The molecule has 0 saturated heterocycles. The topological polar surface area (TPSA) is 63.3 Å². The van der Waals surface area contributed by atoms with Gasteiger partial charge in [0.25, 0.3) is 0 Å². The average molecular weight is 191 g/mol. The molecule has 0 aliphatic carbocycles. The number of carbonyl (C=O) groups is 1. The molecule has 0 aromatic rings. The summed E-state index contributed by atoms with van der Waals surface area (Å²) >= 11 is 1.61. The fraction of sp³-hybridized carbons (Fsp3) is 0.875. The lowest BCUT2D eigenvalue weighted by molar-refractivity contribution is -0.139. The Morgan fingerprint density at radius 3 is 2.50 bits per heavy atom. The van der Waals surface area contributed by atoms with Gasteiger partial charge in [-0.25, -0.2) is 0 Å². The molecule has 0 aromatic carbocycles. The summed E-state index contributed by atoms with van der Waals surface area (Å²) in [7, 11) is 0. The van der Waals surface area contributed by atoms with E-state index in [2.05, 4.69) is 6.92 Å². The molecule has 0 aromatic heterocycles. The largest absolute Gasteiger partial charge is 0.480 e. The third-order valence-electron chi connectivity index (χ3n) is 1.69. The molecule has 0 spiro atoms. The van der Waals surface area contributed by atoms with Gasteiger partial charge >= 0.3 is 5.97 Å². The molecule has 72 valence electrons.